The monoisotopic (exact) mass is 448 g/mol. The first-order valence-electron chi connectivity index (χ1n) is 10.2. The van der Waals surface area contributed by atoms with Gasteiger partial charge in [-0.25, -0.2) is 9.38 Å². The van der Waals surface area contributed by atoms with Crippen LogP contribution in [-0.4, -0.2) is 25.8 Å². The van der Waals surface area contributed by atoms with Gasteiger partial charge in [-0.1, -0.05) is 66.0 Å². The minimum atomic E-state index is 0.860. The van der Waals surface area contributed by atoms with Gasteiger partial charge in [-0.05, 0) is 53.8 Å². The minimum absolute atomic E-state index is 0.860. The van der Waals surface area contributed by atoms with Crippen LogP contribution in [0.3, 0.4) is 0 Å². The van der Waals surface area contributed by atoms with E-state index in [1.54, 1.807) is 23.5 Å². The van der Waals surface area contributed by atoms with Crippen LogP contribution < -0.4 is 0 Å². The molecule has 0 radical (unpaired) electrons. The average Bonchev–Trinajstić information content (AvgIpc) is 3.38. The maximum absolute atomic E-state index is 5.01. The molecule has 0 unspecified atom stereocenters. The summed E-state index contributed by atoms with van der Waals surface area (Å²) in [7, 11) is 0. The lowest BCUT2D eigenvalue weighted by Gasteiger charge is -2.10. The topological polar surface area (TPSA) is 43.1 Å². The number of thiophene rings is 1. The second kappa shape index (κ2) is 7.55. The summed E-state index contributed by atoms with van der Waals surface area (Å²) in [6, 6.07) is 15.2. The number of hydrogen-bond donors (Lipinski definition) is 0. The molecule has 0 saturated carbocycles. The molecule has 0 fully saturated rings. The van der Waals surface area contributed by atoms with Crippen LogP contribution in [0.15, 0.2) is 52.8 Å². The molecule has 3 aromatic heterocycles. The maximum atomic E-state index is 5.01. The normalized spacial score (nSPS) is 14.0. The number of benzene rings is 2. The number of nitrogens with zero attached hydrogens (tertiary/aromatic N) is 4. The largest absolute Gasteiger partial charge is 0.248 e. The van der Waals surface area contributed by atoms with E-state index in [0.717, 1.165) is 33.0 Å². The fourth-order valence-electron chi connectivity index (χ4n) is 4.31. The van der Waals surface area contributed by atoms with E-state index in [9.17, 15) is 0 Å². The first kappa shape index (κ1) is 18.7. The predicted octanol–water partition coefficient (Wildman–Crippen LogP) is 6.39. The molecule has 0 aliphatic heterocycles. The Hall–Kier alpha value is -2.09. The first-order chi connectivity index (χ1) is 14.8. The van der Waals surface area contributed by atoms with E-state index in [1.165, 1.54) is 51.4 Å². The van der Waals surface area contributed by atoms with Crippen molar-refractivity contribution in [1.82, 2.24) is 19.6 Å². The van der Waals surface area contributed by atoms with Crippen LogP contribution in [0.2, 0.25) is 0 Å². The zero-order valence-electron chi connectivity index (χ0n) is 16.6. The third kappa shape index (κ3) is 3.02. The van der Waals surface area contributed by atoms with Gasteiger partial charge in [0.1, 0.15) is 4.83 Å². The maximum Gasteiger partial charge on any atom is 0.198 e. The standard InChI is InChI=1S/C23H20N4S3/c1-28-22-24-21-19(17-8-4-5-9-18(17)30-21)20-25-26-23(27(20)22)29-13-14-10-11-15-6-2-3-7-16(15)12-14/h2-3,6-7,10-12H,4-5,8-9,13H2,1H3. The fourth-order valence-corrected chi connectivity index (χ4v) is 7.09. The molecule has 4 nitrogen and oxygen atoms in total. The highest BCUT2D eigenvalue weighted by atomic mass is 32.2. The van der Waals surface area contributed by atoms with Crippen LogP contribution >= 0.6 is 34.9 Å². The third-order valence-electron chi connectivity index (χ3n) is 5.76. The molecule has 0 N–H and O–H groups in total. The number of aryl methyl sites for hydroxylation is 2. The quantitative estimate of drug-likeness (QED) is 0.236. The molecule has 7 heteroatoms. The zero-order valence-corrected chi connectivity index (χ0v) is 19.0. The lowest BCUT2D eigenvalue weighted by molar-refractivity contribution is 0.700. The Morgan fingerprint density at radius 1 is 1.00 bits per heavy atom. The Morgan fingerprint density at radius 2 is 1.87 bits per heavy atom. The van der Waals surface area contributed by atoms with E-state index < -0.39 is 0 Å². The van der Waals surface area contributed by atoms with Crippen LogP contribution in [0, 0.1) is 0 Å². The highest BCUT2D eigenvalue weighted by molar-refractivity contribution is 7.99. The molecule has 30 heavy (non-hydrogen) atoms. The van der Waals surface area contributed by atoms with Crippen molar-refractivity contribution >= 4 is 61.5 Å². The molecular formula is C23H20N4S3. The van der Waals surface area contributed by atoms with Crippen molar-refractivity contribution in [2.24, 2.45) is 0 Å². The molecule has 150 valence electrons. The number of fused-ring (bicyclic) bond motifs is 6. The van der Waals surface area contributed by atoms with Gasteiger partial charge in [0.05, 0.1) is 5.39 Å². The van der Waals surface area contributed by atoms with Gasteiger partial charge >= 0.3 is 0 Å². The van der Waals surface area contributed by atoms with Crippen LogP contribution in [0.5, 0.6) is 0 Å². The van der Waals surface area contributed by atoms with E-state index in [1.807, 2.05) is 11.3 Å². The Kier molecular flexibility index (Phi) is 4.70. The summed E-state index contributed by atoms with van der Waals surface area (Å²) >= 11 is 5.25. The van der Waals surface area contributed by atoms with Crippen LogP contribution in [-0.2, 0) is 18.6 Å². The highest BCUT2D eigenvalue weighted by Gasteiger charge is 2.23. The van der Waals surface area contributed by atoms with Crippen LogP contribution in [0.25, 0.3) is 26.6 Å². The molecule has 5 aromatic rings. The highest BCUT2D eigenvalue weighted by Crippen LogP contribution is 2.39. The van der Waals surface area contributed by atoms with Crippen LogP contribution in [0.4, 0.5) is 0 Å². The summed E-state index contributed by atoms with van der Waals surface area (Å²) in [5.74, 6) is 0.860. The average molecular weight is 449 g/mol. The molecule has 0 bridgehead atoms. The number of thioether (sulfide) groups is 2. The van der Waals surface area contributed by atoms with Gasteiger partial charge in [0.15, 0.2) is 16.0 Å². The van der Waals surface area contributed by atoms with Crippen molar-refractivity contribution < 1.29 is 0 Å². The SMILES string of the molecule is CSc1nc2sc3c(c2c2nnc(SCc4ccc5ccccc5c4)n12)CCCC3. The molecule has 2 aromatic carbocycles. The van der Waals surface area contributed by atoms with E-state index >= 15 is 0 Å². The molecule has 0 spiro atoms. The van der Waals surface area contributed by atoms with Gasteiger partial charge in [-0.3, -0.25) is 0 Å². The van der Waals surface area contributed by atoms with E-state index in [-0.39, 0.29) is 0 Å². The lowest BCUT2D eigenvalue weighted by atomic mass is 9.97. The van der Waals surface area contributed by atoms with Gasteiger partial charge in [0.25, 0.3) is 0 Å². The van der Waals surface area contributed by atoms with Crippen molar-refractivity contribution in [2.45, 2.75) is 41.7 Å². The van der Waals surface area contributed by atoms with Crippen molar-refractivity contribution in [2.75, 3.05) is 6.26 Å². The number of rotatable bonds is 4. The molecule has 0 atom stereocenters. The summed E-state index contributed by atoms with van der Waals surface area (Å²) in [6.45, 7) is 0. The second-order valence-corrected chi connectivity index (χ2v) is 10.4. The smallest absolute Gasteiger partial charge is 0.198 e. The molecule has 1 aliphatic rings. The summed E-state index contributed by atoms with van der Waals surface area (Å²) in [4.78, 5) is 7.63. The molecule has 1 aliphatic carbocycles. The zero-order chi connectivity index (χ0) is 20.1. The Balaban J connectivity index is 1.41. The van der Waals surface area contributed by atoms with E-state index in [4.69, 9.17) is 4.98 Å². The van der Waals surface area contributed by atoms with Gasteiger partial charge in [-0.2, -0.15) is 0 Å². The Labute approximate surface area is 187 Å². The molecule has 3 heterocycles. The van der Waals surface area contributed by atoms with Crippen molar-refractivity contribution in [3.05, 3.63) is 58.5 Å². The number of hydrogen-bond acceptors (Lipinski definition) is 6. The Bertz CT molecular complexity index is 1400. The summed E-state index contributed by atoms with van der Waals surface area (Å²) in [5.41, 5.74) is 3.73. The molecule has 6 rings (SSSR count). The van der Waals surface area contributed by atoms with Gasteiger partial charge < -0.3 is 0 Å². The number of aromatic nitrogens is 4. The summed E-state index contributed by atoms with van der Waals surface area (Å²) in [6.07, 6.45) is 6.93. The van der Waals surface area contributed by atoms with Crippen molar-refractivity contribution in [3.8, 4) is 0 Å². The van der Waals surface area contributed by atoms with E-state index in [2.05, 4.69) is 63.3 Å². The van der Waals surface area contributed by atoms with Gasteiger partial charge in [0.2, 0.25) is 0 Å². The Morgan fingerprint density at radius 3 is 2.77 bits per heavy atom. The summed E-state index contributed by atoms with van der Waals surface area (Å²) in [5, 5.41) is 14.9. The van der Waals surface area contributed by atoms with Gasteiger partial charge in [-0.15, -0.1) is 21.5 Å². The van der Waals surface area contributed by atoms with E-state index in [0.29, 0.717) is 0 Å². The predicted molar refractivity (Wildman–Crippen MR) is 128 cm³/mol. The molecule has 0 saturated heterocycles. The van der Waals surface area contributed by atoms with Gasteiger partial charge in [0, 0.05) is 10.6 Å². The van der Waals surface area contributed by atoms with Crippen molar-refractivity contribution in [1.29, 1.82) is 0 Å². The minimum Gasteiger partial charge on any atom is -0.248 e. The summed E-state index contributed by atoms with van der Waals surface area (Å²) < 4.78 is 2.17. The van der Waals surface area contributed by atoms with Crippen molar-refractivity contribution in [3.63, 3.8) is 0 Å². The van der Waals surface area contributed by atoms with Crippen LogP contribution in [0.1, 0.15) is 28.8 Å². The molecular weight excluding hydrogens is 428 g/mol. The first-order valence-corrected chi connectivity index (χ1v) is 13.2. The lowest BCUT2D eigenvalue weighted by Crippen LogP contribution is -2.00. The molecule has 0 amide bonds. The fraction of sp³-hybridized carbons (Fsp3) is 0.261. The third-order valence-corrected chi connectivity index (χ3v) is 8.59. The second-order valence-electron chi connectivity index (χ2n) is 7.60.